The van der Waals surface area contributed by atoms with Crippen LogP contribution in [-0.2, 0) is 6.18 Å². The van der Waals surface area contributed by atoms with Crippen molar-refractivity contribution in [3.8, 4) is 0 Å². The van der Waals surface area contributed by atoms with E-state index in [2.05, 4.69) is 15.3 Å². The van der Waals surface area contributed by atoms with E-state index in [4.69, 9.17) is 11.6 Å². The van der Waals surface area contributed by atoms with Gasteiger partial charge >= 0.3 is 6.18 Å². The van der Waals surface area contributed by atoms with E-state index in [1.807, 2.05) is 0 Å². The van der Waals surface area contributed by atoms with Crippen LogP contribution in [0.1, 0.15) is 53.5 Å². The Kier molecular flexibility index (Phi) is 6.28. The highest BCUT2D eigenvalue weighted by molar-refractivity contribution is 6.34. The van der Waals surface area contributed by atoms with Crippen molar-refractivity contribution in [3.63, 3.8) is 0 Å². The number of nitrogens with zero attached hydrogens (tertiary/aromatic N) is 2. The maximum Gasteiger partial charge on any atom is 0.417 e. The maximum atomic E-state index is 13.7. The largest absolute Gasteiger partial charge is 0.417 e. The fourth-order valence-electron chi connectivity index (χ4n) is 3.46. The highest BCUT2D eigenvalue weighted by atomic mass is 35.5. The van der Waals surface area contributed by atoms with Gasteiger partial charge in [-0.15, -0.1) is 0 Å². The third kappa shape index (κ3) is 4.70. The normalized spacial score (nSPS) is 23.1. The number of hydrogen-bond acceptors (Lipinski definition) is 4. The van der Waals surface area contributed by atoms with Gasteiger partial charge in [0.15, 0.2) is 0 Å². The molecule has 0 radical (unpaired) electrons. The molecule has 0 saturated heterocycles. The molecule has 2 aromatic heterocycles. The van der Waals surface area contributed by atoms with Crippen molar-refractivity contribution in [1.82, 2.24) is 15.3 Å². The van der Waals surface area contributed by atoms with Crippen molar-refractivity contribution in [2.45, 2.75) is 49.7 Å². The molecule has 162 valence electrons. The molecular weight excluding hydrogens is 433 g/mol. The zero-order valence-corrected chi connectivity index (χ0v) is 16.1. The molecule has 0 aliphatic heterocycles. The first-order valence-electron chi connectivity index (χ1n) is 9.03. The van der Waals surface area contributed by atoms with E-state index >= 15 is 0 Å². The van der Waals surface area contributed by atoms with Crippen molar-refractivity contribution < 1.29 is 31.9 Å². The van der Waals surface area contributed by atoms with Crippen LogP contribution in [-0.4, -0.2) is 32.8 Å². The molecule has 1 unspecified atom stereocenters. The van der Waals surface area contributed by atoms with E-state index in [9.17, 15) is 31.9 Å². The summed E-state index contributed by atoms with van der Waals surface area (Å²) in [6.07, 6.45) is -5.30. The molecule has 2 aromatic rings. The number of alkyl halides is 4. The molecule has 2 N–H and O–H groups in total. The molecule has 1 fully saturated rings. The molecule has 2 heterocycles. The SMILES string of the molecule is O=C(NC(c1cccc(F)n1)[C@]1(O)CC[C@H](F)CC1)c1nccc(C(F)(F)F)c1Cl. The third-order valence-electron chi connectivity index (χ3n) is 5.04. The predicted molar refractivity (Wildman–Crippen MR) is 97.0 cm³/mol. The number of nitrogens with one attached hydrogen (secondary N) is 1. The van der Waals surface area contributed by atoms with E-state index in [0.717, 1.165) is 12.3 Å². The number of rotatable bonds is 4. The van der Waals surface area contributed by atoms with Gasteiger partial charge in [-0.1, -0.05) is 17.7 Å². The molecular formula is C19H17ClF5N3O2. The molecule has 0 spiro atoms. The fraction of sp³-hybridized carbons (Fsp3) is 0.421. The van der Waals surface area contributed by atoms with Crippen molar-refractivity contribution in [2.75, 3.05) is 0 Å². The van der Waals surface area contributed by atoms with Gasteiger partial charge in [0.25, 0.3) is 5.91 Å². The summed E-state index contributed by atoms with van der Waals surface area (Å²) in [6.45, 7) is 0. The summed E-state index contributed by atoms with van der Waals surface area (Å²) in [5.41, 5.74) is -3.71. The number of halogens is 6. The first-order chi connectivity index (χ1) is 14.0. The van der Waals surface area contributed by atoms with Crippen molar-refractivity contribution in [3.05, 3.63) is 58.4 Å². The van der Waals surface area contributed by atoms with Crippen LogP contribution in [0.4, 0.5) is 22.0 Å². The Labute approximate surface area is 173 Å². The Morgan fingerprint density at radius 2 is 1.93 bits per heavy atom. The van der Waals surface area contributed by atoms with Crippen molar-refractivity contribution in [1.29, 1.82) is 0 Å². The quantitative estimate of drug-likeness (QED) is 0.536. The number of aliphatic hydroxyl groups is 1. The van der Waals surface area contributed by atoms with Gasteiger partial charge in [-0.25, -0.2) is 14.4 Å². The van der Waals surface area contributed by atoms with Crippen molar-refractivity contribution >= 4 is 17.5 Å². The van der Waals surface area contributed by atoms with E-state index in [1.165, 1.54) is 12.1 Å². The molecule has 1 aliphatic rings. The minimum atomic E-state index is -4.81. The van der Waals surface area contributed by atoms with Crippen LogP contribution in [0.3, 0.4) is 0 Å². The first-order valence-corrected chi connectivity index (χ1v) is 9.40. The number of carbonyl (C=O) groups is 1. The Hall–Kier alpha value is -2.33. The molecule has 11 heteroatoms. The fourth-order valence-corrected chi connectivity index (χ4v) is 3.76. The Morgan fingerprint density at radius 1 is 1.27 bits per heavy atom. The highest BCUT2D eigenvalue weighted by Crippen LogP contribution is 2.40. The minimum Gasteiger partial charge on any atom is -0.387 e. The predicted octanol–water partition coefficient (Wildman–Crippen LogP) is 4.40. The summed E-state index contributed by atoms with van der Waals surface area (Å²) in [6, 6.07) is 3.00. The third-order valence-corrected chi connectivity index (χ3v) is 5.42. The lowest BCUT2D eigenvalue weighted by Crippen LogP contribution is -2.49. The van der Waals surface area contributed by atoms with Gasteiger partial charge in [-0.2, -0.15) is 17.6 Å². The van der Waals surface area contributed by atoms with Crippen LogP contribution < -0.4 is 5.32 Å². The van der Waals surface area contributed by atoms with E-state index < -0.39 is 52.1 Å². The van der Waals surface area contributed by atoms with Gasteiger partial charge in [0, 0.05) is 6.20 Å². The van der Waals surface area contributed by atoms with E-state index in [-0.39, 0.29) is 31.4 Å². The lowest BCUT2D eigenvalue weighted by Gasteiger charge is -2.40. The standard InChI is InChI=1S/C19H17ClF5N3O2/c20-14-11(19(23,24)25)6-9-26-15(14)17(29)28-16(12-2-1-3-13(22)27-12)18(30)7-4-10(21)5-8-18/h1-3,6,9-10,16,30H,4-5,7-8H2,(H,28,29)/t10-,16?,18-. The zero-order chi connectivity index (χ0) is 22.1. The second-order valence-electron chi connectivity index (χ2n) is 7.09. The summed E-state index contributed by atoms with van der Waals surface area (Å²) in [7, 11) is 0. The van der Waals surface area contributed by atoms with Gasteiger partial charge in [0.2, 0.25) is 5.95 Å². The molecule has 1 aliphatic carbocycles. The van der Waals surface area contributed by atoms with Gasteiger partial charge in [-0.05, 0) is 43.9 Å². The summed E-state index contributed by atoms with van der Waals surface area (Å²) in [5.74, 6) is -2.00. The van der Waals surface area contributed by atoms with Gasteiger partial charge in [0.1, 0.15) is 17.9 Å². The van der Waals surface area contributed by atoms with Crippen LogP contribution in [0.15, 0.2) is 30.5 Å². The number of amides is 1. The zero-order valence-electron chi connectivity index (χ0n) is 15.4. The maximum absolute atomic E-state index is 13.7. The summed E-state index contributed by atoms with van der Waals surface area (Å²) in [5, 5.41) is 12.5. The summed E-state index contributed by atoms with van der Waals surface area (Å²) >= 11 is 5.75. The van der Waals surface area contributed by atoms with Crippen LogP contribution >= 0.6 is 11.6 Å². The van der Waals surface area contributed by atoms with E-state index in [1.54, 1.807) is 0 Å². The van der Waals surface area contributed by atoms with Gasteiger partial charge in [-0.3, -0.25) is 4.79 Å². The topological polar surface area (TPSA) is 75.1 Å². The minimum absolute atomic E-state index is 0.000745. The molecule has 1 atom stereocenters. The first kappa shape index (κ1) is 22.4. The average molecular weight is 450 g/mol. The Bertz CT molecular complexity index is 933. The molecule has 5 nitrogen and oxygen atoms in total. The number of aromatic nitrogens is 2. The lowest BCUT2D eigenvalue weighted by molar-refractivity contribution is -0.137. The summed E-state index contributed by atoms with van der Waals surface area (Å²) in [4.78, 5) is 20.0. The number of pyridine rings is 2. The van der Waals surface area contributed by atoms with Crippen LogP contribution in [0.5, 0.6) is 0 Å². The lowest BCUT2D eigenvalue weighted by atomic mass is 9.77. The number of carbonyl (C=O) groups excluding carboxylic acids is 1. The molecule has 1 amide bonds. The summed E-state index contributed by atoms with van der Waals surface area (Å²) < 4.78 is 66.5. The highest BCUT2D eigenvalue weighted by Gasteiger charge is 2.43. The second-order valence-corrected chi connectivity index (χ2v) is 7.47. The monoisotopic (exact) mass is 449 g/mol. The molecule has 3 rings (SSSR count). The van der Waals surface area contributed by atoms with Crippen molar-refractivity contribution in [2.24, 2.45) is 0 Å². The molecule has 30 heavy (non-hydrogen) atoms. The van der Waals surface area contributed by atoms with Crippen LogP contribution in [0.2, 0.25) is 5.02 Å². The molecule has 0 aromatic carbocycles. The van der Waals surface area contributed by atoms with Crippen LogP contribution in [0.25, 0.3) is 0 Å². The van der Waals surface area contributed by atoms with E-state index in [0.29, 0.717) is 6.07 Å². The number of hydrogen-bond donors (Lipinski definition) is 2. The van der Waals surface area contributed by atoms with Crippen LogP contribution in [0, 0.1) is 5.95 Å². The molecule has 1 saturated carbocycles. The van der Waals surface area contributed by atoms with Gasteiger partial charge < -0.3 is 10.4 Å². The second kappa shape index (κ2) is 8.43. The van der Waals surface area contributed by atoms with Gasteiger partial charge in [0.05, 0.1) is 21.9 Å². The Morgan fingerprint density at radius 3 is 2.53 bits per heavy atom. The molecule has 0 bridgehead atoms. The Balaban J connectivity index is 1.97. The average Bonchev–Trinajstić information content (AvgIpc) is 2.67. The smallest absolute Gasteiger partial charge is 0.387 e.